The molecule has 25 heavy (non-hydrogen) atoms. The zero-order valence-electron chi connectivity index (χ0n) is 14.0. The fraction of sp³-hybridized carbons (Fsp3) is 0.238. The summed E-state index contributed by atoms with van der Waals surface area (Å²) >= 11 is 0. The van der Waals surface area contributed by atoms with Crippen LogP contribution in [0.15, 0.2) is 60.8 Å². The third kappa shape index (κ3) is 3.33. The number of carbonyl (C=O) groups excluding carboxylic acids is 1. The molecule has 4 heteroatoms. The molecular weight excluding hydrogens is 310 g/mol. The van der Waals surface area contributed by atoms with Crippen molar-refractivity contribution >= 4 is 22.6 Å². The molecule has 1 aliphatic carbocycles. The van der Waals surface area contributed by atoms with Crippen molar-refractivity contribution in [2.45, 2.75) is 25.2 Å². The molecule has 0 saturated heterocycles. The van der Waals surface area contributed by atoms with Crippen molar-refractivity contribution in [3.05, 3.63) is 71.9 Å². The number of aromatic nitrogens is 1. The Morgan fingerprint density at radius 3 is 2.92 bits per heavy atom. The number of nitrogens with zero attached hydrogens (tertiary/aromatic N) is 1. The Kier molecular flexibility index (Phi) is 4.34. The fourth-order valence-electron chi connectivity index (χ4n) is 3.65. The van der Waals surface area contributed by atoms with Crippen LogP contribution in [0.3, 0.4) is 0 Å². The van der Waals surface area contributed by atoms with Gasteiger partial charge >= 0.3 is 6.03 Å². The molecule has 2 aromatic carbocycles. The van der Waals surface area contributed by atoms with Gasteiger partial charge in [-0.1, -0.05) is 42.5 Å². The summed E-state index contributed by atoms with van der Waals surface area (Å²) in [5.41, 5.74) is 4.34. The van der Waals surface area contributed by atoms with E-state index in [2.05, 4.69) is 39.9 Å². The van der Waals surface area contributed by atoms with Crippen LogP contribution < -0.4 is 10.6 Å². The van der Waals surface area contributed by atoms with Gasteiger partial charge in [0.05, 0.1) is 11.2 Å². The van der Waals surface area contributed by atoms with E-state index in [4.69, 9.17) is 0 Å². The van der Waals surface area contributed by atoms with Crippen LogP contribution in [0.2, 0.25) is 0 Å². The first kappa shape index (κ1) is 15.6. The van der Waals surface area contributed by atoms with Gasteiger partial charge in [-0.25, -0.2) is 4.79 Å². The van der Waals surface area contributed by atoms with Gasteiger partial charge in [0.2, 0.25) is 0 Å². The molecule has 2 N–H and O–H groups in total. The van der Waals surface area contributed by atoms with Gasteiger partial charge in [-0.3, -0.25) is 4.98 Å². The molecular formula is C21H21N3O. The zero-order chi connectivity index (χ0) is 17.1. The summed E-state index contributed by atoms with van der Waals surface area (Å²) in [6, 6.07) is 18.1. The SMILES string of the molecule is O=C(NC[C@H]1CCCc2ccccc21)Nc1cccc2cccnc12. The highest BCUT2D eigenvalue weighted by Crippen LogP contribution is 2.30. The molecule has 0 unspecified atom stereocenters. The van der Waals surface area contributed by atoms with E-state index in [0.717, 1.165) is 29.4 Å². The molecule has 126 valence electrons. The summed E-state index contributed by atoms with van der Waals surface area (Å²) in [6.07, 6.45) is 5.18. The molecule has 0 fully saturated rings. The number of rotatable bonds is 3. The Morgan fingerprint density at radius 1 is 1.08 bits per heavy atom. The summed E-state index contributed by atoms with van der Waals surface area (Å²) in [7, 11) is 0. The minimum atomic E-state index is -0.179. The van der Waals surface area contributed by atoms with Gasteiger partial charge in [0.15, 0.2) is 0 Å². The Morgan fingerprint density at radius 2 is 1.96 bits per heavy atom. The van der Waals surface area contributed by atoms with Gasteiger partial charge in [-0.15, -0.1) is 0 Å². The molecule has 4 rings (SSSR count). The molecule has 4 nitrogen and oxygen atoms in total. The maximum atomic E-state index is 12.4. The fourth-order valence-corrected chi connectivity index (χ4v) is 3.65. The second-order valence-corrected chi connectivity index (χ2v) is 6.50. The van der Waals surface area contributed by atoms with Crippen molar-refractivity contribution < 1.29 is 4.79 Å². The normalized spacial score (nSPS) is 16.2. The van der Waals surface area contributed by atoms with Gasteiger partial charge in [-0.2, -0.15) is 0 Å². The third-order valence-corrected chi connectivity index (χ3v) is 4.88. The predicted octanol–water partition coefficient (Wildman–Crippen LogP) is 4.48. The Balaban J connectivity index is 1.43. The van der Waals surface area contributed by atoms with Crippen LogP contribution in [0.4, 0.5) is 10.5 Å². The van der Waals surface area contributed by atoms with Crippen molar-refractivity contribution in [3.63, 3.8) is 0 Å². The number of pyridine rings is 1. The van der Waals surface area contributed by atoms with E-state index >= 15 is 0 Å². The lowest BCUT2D eigenvalue weighted by Gasteiger charge is -2.25. The molecule has 1 aromatic heterocycles. The zero-order valence-corrected chi connectivity index (χ0v) is 14.0. The summed E-state index contributed by atoms with van der Waals surface area (Å²) in [6.45, 7) is 0.654. The first-order valence-corrected chi connectivity index (χ1v) is 8.77. The maximum absolute atomic E-state index is 12.4. The summed E-state index contributed by atoms with van der Waals surface area (Å²) < 4.78 is 0. The summed E-state index contributed by atoms with van der Waals surface area (Å²) in [5, 5.41) is 6.98. The second kappa shape index (κ2) is 6.93. The maximum Gasteiger partial charge on any atom is 0.319 e. The molecule has 2 amide bonds. The molecule has 0 bridgehead atoms. The van der Waals surface area contributed by atoms with E-state index < -0.39 is 0 Å². The van der Waals surface area contributed by atoms with Crippen LogP contribution in [-0.4, -0.2) is 17.6 Å². The van der Waals surface area contributed by atoms with Crippen LogP contribution in [0.5, 0.6) is 0 Å². The Hall–Kier alpha value is -2.88. The van der Waals surface area contributed by atoms with Crippen molar-refractivity contribution in [1.82, 2.24) is 10.3 Å². The minimum Gasteiger partial charge on any atom is -0.337 e. The summed E-state index contributed by atoms with van der Waals surface area (Å²) in [4.78, 5) is 16.7. The topological polar surface area (TPSA) is 54.0 Å². The number of hydrogen-bond donors (Lipinski definition) is 2. The lowest BCUT2D eigenvalue weighted by atomic mass is 9.83. The highest BCUT2D eigenvalue weighted by molar-refractivity contribution is 5.99. The number of carbonyl (C=O) groups is 1. The molecule has 1 heterocycles. The summed E-state index contributed by atoms with van der Waals surface area (Å²) in [5.74, 6) is 0.390. The second-order valence-electron chi connectivity index (χ2n) is 6.50. The van der Waals surface area contributed by atoms with Crippen molar-refractivity contribution in [2.24, 2.45) is 0 Å². The van der Waals surface area contributed by atoms with E-state index in [-0.39, 0.29) is 6.03 Å². The van der Waals surface area contributed by atoms with Gasteiger partial charge in [0.1, 0.15) is 0 Å². The number of urea groups is 1. The monoisotopic (exact) mass is 331 g/mol. The van der Waals surface area contributed by atoms with E-state index in [0.29, 0.717) is 12.5 Å². The van der Waals surface area contributed by atoms with E-state index in [1.165, 1.54) is 17.5 Å². The van der Waals surface area contributed by atoms with Crippen LogP contribution in [0, 0.1) is 0 Å². The number of aryl methyl sites for hydroxylation is 1. The van der Waals surface area contributed by atoms with Gasteiger partial charge in [0, 0.05) is 24.0 Å². The molecule has 1 atom stereocenters. The van der Waals surface area contributed by atoms with Gasteiger partial charge in [0.25, 0.3) is 0 Å². The smallest absolute Gasteiger partial charge is 0.319 e. The highest BCUT2D eigenvalue weighted by atomic mass is 16.2. The number of benzene rings is 2. The van der Waals surface area contributed by atoms with Crippen LogP contribution in [-0.2, 0) is 6.42 Å². The standard InChI is InChI=1S/C21H21N3O/c25-21(24-19-12-4-8-16-10-5-13-22-20(16)19)23-14-17-9-3-7-15-6-1-2-11-18(15)17/h1-2,4-6,8,10-13,17H,3,7,9,14H2,(H2,23,24,25)/t17-/m1/s1. The number of nitrogens with one attached hydrogen (secondary N) is 2. The molecule has 0 aliphatic heterocycles. The number of amides is 2. The number of anilines is 1. The molecule has 0 saturated carbocycles. The number of fused-ring (bicyclic) bond motifs is 2. The van der Waals surface area contributed by atoms with Crippen LogP contribution in [0.1, 0.15) is 29.9 Å². The van der Waals surface area contributed by atoms with Gasteiger partial charge in [-0.05, 0) is 42.5 Å². The van der Waals surface area contributed by atoms with Crippen molar-refractivity contribution in [2.75, 3.05) is 11.9 Å². The Bertz CT molecular complexity index is 901. The highest BCUT2D eigenvalue weighted by Gasteiger charge is 2.20. The van der Waals surface area contributed by atoms with E-state index in [1.807, 2.05) is 30.3 Å². The van der Waals surface area contributed by atoms with E-state index in [9.17, 15) is 4.79 Å². The van der Waals surface area contributed by atoms with Crippen LogP contribution in [0.25, 0.3) is 10.9 Å². The molecule has 1 aliphatic rings. The largest absolute Gasteiger partial charge is 0.337 e. The minimum absolute atomic E-state index is 0.179. The third-order valence-electron chi connectivity index (χ3n) is 4.88. The number of hydrogen-bond acceptors (Lipinski definition) is 2. The van der Waals surface area contributed by atoms with Crippen LogP contribution >= 0.6 is 0 Å². The van der Waals surface area contributed by atoms with Crippen molar-refractivity contribution in [3.8, 4) is 0 Å². The lowest BCUT2D eigenvalue weighted by Crippen LogP contribution is -2.33. The molecule has 3 aromatic rings. The van der Waals surface area contributed by atoms with E-state index in [1.54, 1.807) is 6.20 Å². The molecule has 0 spiro atoms. The first-order chi connectivity index (χ1) is 12.3. The lowest BCUT2D eigenvalue weighted by molar-refractivity contribution is 0.251. The van der Waals surface area contributed by atoms with Crippen molar-refractivity contribution in [1.29, 1.82) is 0 Å². The average Bonchev–Trinajstić information content (AvgIpc) is 2.66. The first-order valence-electron chi connectivity index (χ1n) is 8.77. The average molecular weight is 331 g/mol. The number of para-hydroxylation sites is 1. The van der Waals surface area contributed by atoms with Gasteiger partial charge < -0.3 is 10.6 Å². The quantitative estimate of drug-likeness (QED) is 0.743. The predicted molar refractivity (Wildman–Crippen MR) is 101 cm³/mol. The molecule has 0 radical (unpaired) electrons. The Labute approximate surface area is 147 Å².